The molecule has 0 atom stereocenters. The Morgan fingerprint density at radius 1 is 1.00 bits per heavy atom. The zero-order valence-corrected chi connectivity index (χ0v) is 14.6. The van der Waals surface area contributed by atoms with Crippen molar-refractivity contribution in [3.8, 4) is 5.69 Å². The Kier molecular flexibility index (Phi) is 4.29. The van der Waals surface area contributed by atoms with Crippen molar-refractivity contribution in [3.63, 3.8) is 0 Å². The molecule has 3 aromatic rings. The number of nitrogen functional groups attached to an aromatic ring is 1. The number of halogens is 7. The van der Waals surface area contributed by atoms with E-state index in [9.17, 15) is 26.3 Å². The van der Waals surface area contributed by atoms with Crippen LogP contribution >= 0.6 is 11.6 Å². The maximum atomic E-state index is 13.4. The van der Waals surface area contributed by atoms with Gasteiger partial charge >= 0.3 is 12.4 Å². The Balaban J connectivity index is 2.33. The first-order valence-electron chi connectivity index (χ1n) is 7.41. The highest BCUT2D eigenvalue weighted by molar-refractivity contribution is 6.32. The molecule has 0 fully saturated rings. The van der Waals surface area contributed by atoms with Gasteiger partial charge in [-0.3, -0.25) is 0 Å². The number of rotatable bonds is 1. The summed E-state index contributed by atoms with van der Waals surface area (Å²) in [6, 6.07) is 2.31. The maximum absolute atomic E-state index is 13.4. The molecule has 0 saturated carbocycles. The first-order chi connectivity index (χ1) is 12.3. The molecular formula is C16H11ClF6N4. The summed E-state index contributed by atoms with van der Waals surface area (Å²) in [7, 11) is 0. The second-order valence-electron chi connectivity index (χ2n) is 5.93. The van der Waals surface area contributed by atoms with Gasteiger partial charge in [0.25, 0.3) is 0 Å². The normalized spacial score (nSPS) is 12.8. The SMILES string of the molecule is Cc1cc(C(F)(F)F)c2c(N)n(-c3c(C)cc(C(F)(F)F)cc3Cl)nc2n1. The Labute approximate surface area is 153 Å². The quantitative estimate of drug-likeness (QED) is 0.555. The minimum atomic E-state index is -4.72. The molecule has 0 amide bonds. The monoisotopic (exact) mass is 408 g/mol. The molecule has 1 aromatic carbocycles. The number of pyridine rings is 1. The third kappa shape index (κ3) is 3.29. The summed E-state index contributed by atoms with van der Waals surface area (Å²) in [5.41, 5.74) is 3.61. The van der Waals surface area contributed by atoms with E-state index in [0.29, 0.717) is 6.07 Å². The molecule has 0 saturated heterocycles. The van der Waals surface area contributed by atoms with Gasteiger partial charge in [-0.2, -0.15) is 26.3 Å². The van der Waals surface area contributed by atoms with Gasteiger partial charge in [-0.05, 0) is 37.6 Å². The van der Waals surface area contributed by atoms with Gasteiger partial charge < -0.3 is 5.73 Å². The summed E-state index contributed by atoms with van der Waals surface area (Å²) in [6.07, 6.45) is -9.34. The highest BCUT2D eigenvalue weighted by Crippen LogP contribution is 2.40. The van der Waals surface area contributed by atoms with E-state index in [2.05, 4.69) is 10.1 Å². The fourth-order valence-corrected chi connectivity index (χ4v) is 3.15. The first-order valence-corrected chi connectivity index (χ1v) is 7.79. The number of nitrogens with zero attached hydrogens (tertiary/aromatic N) is 3. The van der Waals surface area contributed by atoms with E-state index in [1.54, 1.807) is 0 Å². The van der Waals surface area contributed by atoms with Crippen molar-refractivity contribution < 1.29 is 26.3 Å². The number of aromatic nitrogens is 3. The summed E-state index contributed by atoms with van der Waals surface area (Å²) >= 11 is 5.98. The van der Waals surface area contributed by atoms with Crippen LogP contribution in [0.2, 0.25) is 5.02 Å². The summed E-state index contributed by atoms with van der Waals surface area (Å²) in [6.45, 7) is 2.69. The second-order valence-corrected chi connectivity index (χ2v) is 6.33. The molecule has 2 heterocycles. The van der Waals surface area contributed by atoms with Crippen molar-refractivity contribution in [2.24, 2.45) is 0 Å². The molecule has 4 nitrogen and oxygen atoms in total. The van der Waals surface area contributed by atoms with Gasteiger partial charge in [0, 0.05) is 5.69 Å². The van der Waals surface area contributed by atoms with Crippen LogP contribution in [0.3, 0.4) is 0 Å². The van der Waals surface area contributed by atoms with Crippen molar-refractivity contribution >= 4 is 28.5 Å². The second kappa shape index (κ2) is 6.01. The number of fused-ring (bicyclic) bond motifs is 1. The van der Waals surface area contributed by atoms with E-state index >= 15 is 0 Å². The molecule has 0 aliphatic heterocycles. The molecule has 0 unspecified atom stereocenters. The lowest BCUT2D eigenvalue weighted by Crippen LogP contribution is -2.10. The van der Waals surface area contributed by atoms with Crippen LogP contribution in [0.15, 0.2) is 18.2 Å². The molecule has 2 N–H and O–H groups in total. The number of nitrogens with two attached hydrogens (primary N) is 1. The maximum Gasteiger partial charge on any atom is 0.417 e. The van der Waals surface area contributed by atoms with Crippen molar-refractivity contribution in [3.05, 3.63) is 45.6 Å². The van der Waals surface area contributed by atoms with Crippen LogP contribution in [-0.2, 0) is 12.4 Å². The molecule has 11 heteroatoms. The molecule has 27 heavy (non-hydrogen) atoms. The van der Waals surface area contributed by atoms with Gasteiger partial charge in [0.15, 0.2) is 5.65 Å². The molecule has 0 aliphatic rings. The molecule has 3 rings (SSSR count). The Morgan fingerprint density at radius 3 is 2.15 bits per heavy atom. The van der Waals surface area contributed by atoms with E-state index in [0.717, 1.165) is 16.8 Å². The van der Waals surface area contributed by atoms with E-state index < -0.39 is 34.7 Å². The van der Waals surface area contributed by atoms with E-state index in [1.807, 2.05) is 0 Å². The number of hydrogen-bond donors (Lipinski definition) is 1. The Bertz CT molecular complexity index is 1030. The predicted molar refractivity (Wildman–Crippen MR) is 87.8 cm³/mol. The lowest BCUT2D eigenvalue weighted by Gasteiger charge is -2.14. The molecule has 0 spiro atoms. The number of alkyl halides is 6. The number of anilines is 1. The smallest absolute Gasteiger partial charge is 0.383 e. The fourth-order valence-electron chi connectivity index (χ4n) is 2.80. The zero-order valence-electron chi connectivity index (χ0n) is 13.8. The van der Waals surface area contributed by atoms with Crippen LogP contribution in [-0.4, -0.2) is 14.8 Å². The summed E-state index contributed by atoms with van der Waals surface area (Å²) in [4.78, 5) is 3.94. The van der Waals surface area contributed by atoms with Crippen LogP contribution in [0.4, 0.5) is 32.2 Å². The number of benzene rings is 1. The highest BCUT2D eigenvalue weighted by atomic mass is 35.5. The summed E-state index contributed by atoms with van der Waals surface area (Å²) in [5.74, 6) is -0.422. The third-order valence-corrected chi connectivity index (χ3v) is 4.19. The van der Waals surface area contributed by atoms with Crippen LogP contribution in [0, 0.1) is 13.8 Å². The standard InChI is InChI=1S/C16H11ClF6N4/c1-6-3-8(15(18,19)20)5-10(17)12(6)27-13(24)11-9(16(21,22)23)4-7(2)25-14(11)26-27/h3-5H,24H2,1-2H3. The van der Waals surface area contributed by atoms with E-state index in [1.165, 1.54) is 13.8 Å². The number of aryl methyl sites for hydroxylation is 2. The average molecular weight is 409 g/mol. The molecule has 2 aromatic heterocycles. The van der Waals surface area contributed by atoms with Gasteiger partial charge in [-0.15, -0.1) is 5.10 Å². The Hall–Kier alpha value is -2.49. The fraction of sp³-hybridized carbons (Fsp3) is 0.250. The van der Waals surface area contributed by atoms with Crippen LogP contribution < -0.4 is 5.73 Å². The molecular weight excluding hydrogens is 398 g/mol. The van der Waals surface area contributed by atoms with Crippen LogP contribution in [0.5, 0.6) is 0 Å². The molecule has 0 bridgehead atoms. The van der Waals surface area contributed by atoms with Gasteiger partial charge in [0.05, 0.1) is 27.2 Å². The molecule has 0 radical (unpaired) electrons. The predicted octanol–water partition coefficient (Wildman–Crippen LogP) is 5.31. The molecule has 144 valence electrons. The van der Waals surface area contributed by atoms with Crippen molar-refractivity contribution in [2.45, 2.75) is 26.2 Å². The summed E-state index contributed by atoms with van der Waals surface area (Å²) < 4.78 is 79.7. The zero-order chi connectivity index (χ0) is 20.3. The highest BCUT2D eigenvalue weighted by Gasteiger charge is 2.36. The van der Waals surface area contributed by atoms with Crippen molar-refractivity contribution in [1.29, 1.82) is 0 Å². The topological polar surface area (TPSA) is 56.7 Å². The van der Waals surface area contributed by atoms with Gasteiger partial charge in [0.2, 0.25) is 0 Å². The molecule has 0 aliphatic carbocycles. The lowest BCUT2D eigenvalue weighted by molar-refractivity contribution is -0.138. The minimum absolute atomic E-state index is 0.0413. The summed E-state index contributed by atoms with van der Waals surface area (Å²) in [5, 5.41) is 3.15. The van der Waals surface area contributed by atoms with E-state index in [4.69, 9.17) is 17.3 Å². The first kappa shape index (κ1) is 19.3. The van der Waals surface area contributed by atoms with Gasteiger partial charge in [0.1, 0.15) is 5.82 Å². The minimum Gasteiger partial charge on any atom is -0.383 e. The van der Waals surface area contributed by atoms with Crippen LogP contribution in [0.1, 0.15) is 22.4 Å². The Morgan fingerprint density at radius 2 is 1.63 bits per heavy atom. The van der Waals surface area contributed by atoms with Crippen LogP contribution in [0.25, 0.3) is 16.7 Å². The van der Waals surface area contributed by atoms with E-state index in [-0.39, 0.29) is 27.6 Å². The van der Waals surface area contributed by atoms with Gasteiger partial charge in [-0.25, -0.2) is 9.67 Å². The number of hydrogen-bond acceptors (Lipinski definition) is 3. The third-order valence-electron chi connectivity index (χ3n) is 3.91. The largest absolute Gasteiger partial charge is 0.417 e. The average Bonchev–Trinajstić information content (AvgIpc) is 2.80. The van der Waals surface area contributed by atoms with Gasteiger partial charge in [-0.1, -0.05) is 11.6 Å². The van der Waals surface area contributed by atoms with Crippen molar-refractivity contribution in [1.82, 2.24) is 14.8 Å². The lowest BCUT2D eigenvalue weighted by atomic mass is 10.1. The van der Waals surface area contributed by atoms with Crippen molar-refractivity contribution in [2.75, 3.05) is 5.73 Å².